The standard InChI is InChI=1S/C5H7F3OS/c1-2-4(9)10-3-5(6,7)8/h2-3H2,1H3. The van der Waals surface area contributed by atoms with Gasteiger partial charge in [-0.25, -0.2) is 0 Å². The minimum atomic E-state index is -4.23. The molecule has 0 aliphatic carbocycles. The molecule has 0 atom stereocenters. The van der Waals surface area contributed by atoms with Crippen molar-refractivity contribution in [2.45, 2.75) is 19.5 Å². The Bertz CT molecular complexity index is 121. The molecule has 0 N–H and O–H groups in total. The summed E-state index contributed by atoms with van der Waals surface area (Å²) in [5.41, 5.74) is 0. The van der Waals surface area contributed by atoms with E-state index in [2.05, 4.69) is 0 Å². The molecular weight excluding hydrogens is 165 g/mol. The molecule has 0 fully saturated rings. The van der Waals surface area contributed by atoms with Crippen LogP contribution in [0.15, 0.2) is 0 Å². The van der Waals surface area contributed by atoms with E-state index in [-0.39, 0.29) is 6.42 Å². The smallest absolute Gasteiger partial charge is 0.287 e. The largest absolute Gasteiger partial charge is 0.398 e. The summed E-state index contributed by atoms with van der Waals surface area (Å²) >= 11 is 0.319. The molecule has 0 aliphatic rings. The minimum Gasteiger partial charge on any atom is -0.287 e. The Balaban J connectivity index is 3.46. The Kier molecular flexibility index (Phi) is 3.78. The molecule has 0 unspecified atom stereocenters. The third-order valence-corrected chi connectivity index (χ3v) is 1.77. The molecule has 0 amide bonds. The Hall–Kier alpha value is -0.190. The molecule has 0 aromatic carbocycles. The van der Waals surface area contributed by atoms with Crippen LogP contribution in [0.4, 0.5) is 13.2 Å². The third kappa shape index (κ3) is 5.94. The Morgan fingerprint density at radius 1 is 1.50 bits per heavy atom. The van der Waals surface area contributed by atoms with Crippen molar-refractivity contribution in [3.63, 3.8) is 0 Å². The maximum atomic E-state index is 11.4. The molecule has 0 rings (SSSR count). The van der Waals surface area contributed by atoms with Crippen LogP contribution in [0, 0.1) is 0 Å². The second kappa shape index (κ2) is 3.85. The summed E-state index contributed by atoms with van der Waals surface area (Å²) in [6, 6.07) is 0. The van der Waals surface area contributed by atoms with E-state index in [1.54, 1.807) is 0 Å². The average Bonchev–Trinajstić information content (AvgIpc) is 1.81. The molecule has 0 saturated heterocycles. The van der Waals surface area contributed by atoms with E-state index in [1.165, 1.54) is 6.92 Å². The van der Waals surface area contributed by atoms with Gasteiger partial charge in [0.05, 0.1) is 5.75 Å². The Labute approximate surface area is 61.0 Å². The first-order chi connectivity index (χ1) is 4.45. The maximum absolute atomic E-state index is 11.4. The van der Waals surface area contributed by atoms with Gasteiger partial charge in [0.2, 0.25) is 0 Å². The zero-order valence-corrected chi connectivity index (χ0v) is 6.18. The van der Waals surface area contributed by atoms with Gasteiger partial charge in [-0.15, -0.1) is 0 Å². The van der Waals surface area contributed by atoms with Crippen LogP contribution in [0.3, 0.4) is 0 Å². The van der Waals surface area contributed by atoms with Crippen molar-refractivity contribution in [3.05, 3.63) is 0 Å². The highest BCUT2D eigenvalue weighted by atomic mass is 32.2. The third-order valence-electron chi connectivity index (χ3n) is 0.685. The van der Waals surface area contributed by atoms with Crippen molar-refractivity contribution in [2.24, 2.45) is 0 Å². The molecule has 0 aromatic rings. The van der Waals surface area contributed by atoms with Crippen LogP contribution in [0.2, 0.25) is 0 Å². The number of hydrogen-bond donors (Lipinski definition) is 0. The molecule has 0 aliphatic heterocycles. The van der Waals surface area contributed by atoms with Gasteiger partial charge in [-0.1, -0.05) is 18.7 Å². The van der Waals surface area contributed by atoms with Crippen molar-refractivity contribution in [1.82, 2.24) is 0 Å². The van der Waals surface area contributed by atoms with E-state index in [0.29, 0.717) is 11.8 Å². The zero-order chi connectivity index (χ0) is 8.20. The van der Waals surface area contributed by atoms with Gasteiger partial charge in [0, 0.05) is 6.42 Å². The van der Waals surface area contributed by atoms with Crippen molar-refractivity contribution in [3.8, 4) is 0 Å². The van der Waals surface area contributed by atoms with Crippen molar-refractivity contribution < 1.29 is 18.0 Å². The fourth-order valence-electron chi connectivity index (χ4n) is 0.264. The molecular formula is C5H7F3OS. The van der Waals surface area contributed by atoms with Gasteiger partial charge in [0.25, 0.3) is 0 Å². The van der Waals surface area contributed by atoms with Crippen molar-refractivity contribution in [1.29, 1.82) is 0 Å². The molecule has 0 bridgehead atoms. The van der Waals surface area contributed by atoms with E-state index >= 15 is 0 Å². The second-order valence-corrected chi connectivity index (χ2v) is 2.66. The fraction of sp³-hybridized carbons (Fsp3) is 0.800. The number of rotatable bonds is 2. The lowest BCUT2D eigenvalue weighted by Crippen LogP contribution is -2.12. The lowest BCUT2D eigenvalue weighted by atomic mass is 10.6. The molecule has 0 heterocycles. The normalized spacial score (nSPS) is 11.6. The highest BCUT2D eigenvalue weighted by Gasteiger charge is 2.28. The average molecular weight is 172 g/mol. The van der Waals surface area contributed by atoms with E-state index in [0.717, 1.165) is 0 Å². The Morgan fingerprint density at radius 3 is 2.30 bits per heavy atom. The second-order valence-electron chi connectivity index (χ2n) is 1.63. The number of thioether (sulfide) groups is 1. The molecule has 10 heavy (non-hydrogen) atoms. The molecule has 60 valence electrons. The van der Waals surface area contributed by atoms with Crippen molar-refractivity contribution in [2.75, 3.05) is 5.75 Å². The summed E-state index contributed by atoms with van der Waals surface area (Å²) in [5, 5.41) is -0.419. The first-order valence-electron chi connectivity index (χ1n) is 2.68. The first-order valence-corrected chi connectivity index (χ1v) is 3.66. The van der Waals surface area contributed by atoms with Crippen LogP contribution in [0.1, 0.15) is 13.3 Å². The number of halogens is 3. The lowest BCUT2D eigenvalue weighted by molar-refractivity contribution is -0.113. The monoisotopic (exact) mass is 172 g/mol. The van der Waals surface area contributed by atoms with E-state index < -0.39 is 17.0 Å². The highest BCUT2D eigenvalue weighted by Crippen LogP contribution is 2.21. The van der Waals surface area contributed by atoms with E-state index in [1.807, 2.05) is 0 Å². The SMILES string of the molecule is CCC(=O)SCC(F)(F)F. The maximum Gasteiger partial charge on any atom is 0.398 e. The van der Waals surface area contributed by atoms with Crippen LogP contribution >= 0.6 is 11.8 Å². The highest BCUT2D eigenvalue weighted by molar-refractivity contribution is 8.13. The first kappa shape index (κ1) is 9.81. The Morgan fingerprint density at radius 2 is 2.00 bits per heavy atom. The number of carbonyl (C=O) groups excluding carboxylic acids is 1. The zero-order valence-electron chi connectivity index (χ0n) is 5.36. The van der Waals surface area contributed by atoms with Gasteiger partial charge >= 0.3 is 6.18 Å². The van der Waals surface area contributed by atoms with Crippen LogP contribution in [-0.4, -0.2) is 17.0 Å². The van der Waals surface area contributed by atoms with Crippen LogP contribution in [0.25, 0.3) is 0 Å². The van der Waals surface area contributed by atoms with Gasteiger partial charge in [-0.05, 0) is 0 Å². The predicted octanol–water partition coefficient (Wildman–Crippen LogP) is 2.22. The molecule has 0 spiro atoms. The van der Waals surface area contributed by atoms with Gasteiger partial charge in [0.1, 0.15) is 0 Å². The van der Waals surface area contributed by atoms with Crippen molar-refractivity contribution >= 4 is 16.9 Å². The predicted molar refractivity (Wildman–Crippen MR) is 33.8 cm³/mol. The summed E-state index contributed by atoms with van der Waals surface area (Å²) in [7, 11) is 0. The summed E-state index contributed by atoms with van der Waals surface area (Å²) in [4.78, 5) is 10.3. The minimum absolute atomic E-state index is 0.154. The van der Waals surface area contributed by atoms with Crippen LogP contribution < -0.4 is 0 Å². The number of alkyl halides is 3. The summed E-state index contributed by atoms with van der Waals surface area (Å²) in [6.07, 6.45) is -4.07. The molecule has 0 saturated carbocycles. The van der Waals surface area contributed by atoms with E-state index in [4.69, 9.17) is 0 Å². The molecule has 0 radical (unpaired) electrons. The molecule has 0 aromatic heterocycles. The molecule has 5 heteroatoms. The summed E-state index contributed by atoms with van der Waals surface area (Å²) in [6.45, 7) is 1.53. The van der Waals surface area contributed by atoms with Crippen LogP contribution in [0.5, 0.6) is 0 Å². The van der Waals surface area contributed by atoms with Gasteiger partial charge in [-0.3, -0.25) is 4.79 Å². The topological polar surface area (TPSA) is 17.1 Å². The van der Waals surface area contributed by atoms with E-state index in [9.17, 15) is 18.0 Å². The van der Waals surface area contributed by atoms with Gasteiger partial charge in [-0.2, -0.15) is 13.2 Å². The molecule has 1 nitrogen and oxygen atoms in total. The van der Waals surface area contributed by atoms with Crippen LogP contribution in [-0.2, 0) is 4.79 Å². The van der Waals surface area contributed by atoms with Gasteiger partial charge < -0.3 is 0 Å². The number of hydrogen-bond acceptors (Lipinski definition) is 2. The summed E-state index contributed by atoms with van der Waals surface area (Å²) < 4.78 is 34.1. The fourth-order valence-corrected chi connectivity index (χ4v) is 0.793. The number of carbonyl (C=O) groups is 1. The lowest BCUT2D eigenvalue weighted by Gasteiger charge is -2.02. The summed E-state index contributed by atoms with van der Waals surface area (Å²) in [5.74, 6) is -1.07. The quantitative estimate of drug-likeness (QED) is 0.635. The van der Waals surface area contributed by atoms with Gasteiger partial charge in [0.15, 0.2) is 5.12 Å².